The Hall–Kier alpha value is -0.830. The summed E-state index contributed by atoms with van der Waals surface area (Å²) in [5, 5.41) is 11.9. The highest BCUT2D eigenvalue weighted by atomic mass is 35.5. The van der Waals surface area contributed by atoms with Crippen LogP contribution in [0.15, 0.2) is 12.1 Å². The number of nitrogens with zero attached hydrogens (tertiary/aromatic N) is 2. The predicted molar refractivity (Wildman–Crippen MR) is 71.2 cm³/mol. The van der Waals surface area contributed by atoms with Gasteiger partial charge in [0.15, 0.2) is 5.15 Å². The van der Waals surface area contributed by atoms with Crippen molar-refractivity contribution in [3.8, 4) is 0 Å². The fourth-order valence-electron chi connectivity index (χ4n) is 2.72. The van der Waals surface area contributed by atoms with Gasteiger partial charge in [0.25, 0.3) is 0 Å². The second kappa shape index (κ2) is 5.67. The summed E-state index contributed by atoms with van der Waals surface area (Å²) in [6, 6.07) is 4.21. The topological polar surface area (TPSA) is 37.8 Å². The molecule has 1 aromatic heterocycles. The predicted octanol–water partition coefficient (Wildman–Crippen LogP) is 3.76. The molecule has 2 unspecified atom stereocenters. The number of rotatable bonds is 3. The van der Waals surface area contributed by atoms with Gasteiger partial charge in [-0.25, -0.2) is 0 Å². The van der Waals surface area contributed by atoms with Gasteiger partial charge in [0, 0.05) is 6.04 Å². The molecule has 94 valence electrons. The normalized spacial score (nSPS) is 24.9. The van der Waals surface area contributed by atoms with E-state index in [2.05, 4.69) is 29.4 Å². The molecule has 1 aliphatic carbocycles. The Kier molecular flexibility index (Phi) is 4.21. The lowest BCUT2D eigenvalue weighted by atomic mass is 9.78. The van der Waals surface area contributed by atoms with Crippen LogP contribution in [-0.4, -0.2) is 16.2 Å². The Morgan fingerprint density at radius 2 is 2.00 bits per heavy atom. The van der Waals surface area contributed by atoms with Gasteiger partial charge in [0.05, 0.1) is 0 Å². The van der Waals surface area contributed by atoms with Gasteiger partial charge in [-0.15, -0.1) is 10.2 Å². The summed E-state index contributed by atoms with van der Waals surface area (Å²) in [6.45, 7) is 4.61. The lowest BCUT2D eigenvalue weighted by Crippen LogP contribution is -2.35. The van der Waals surface area contributed by atoms with Gasteiger partial charge in [-0.1, -0.05) is 38.3 Å². The first-order valence-electron chi connectivity index (χ1n) is 6.42. The maximum absolute atomic E-state index is 5.73. The van der Waals surface area contributed by atoms with E-state index < -0.39 is 0 Å². The van der Waals surface area contributed by atoms with Crippen molar-refractivity contribution < 1.29 is 0 Å². The van der Waals surface area contributed by atoms with Crippen molar-refractivity contribution in [2.45, 2.75) is 45.6 Å². The van der Waals surface area contributed by atoms with Crippen LogP contribution < -0.4 is 5.32 Å². The van der Waals surface area contributed by atoms with E-state index >= 15 is 0 Å². The number of hydrogen-bond donors (Lipinski definition) is 1. The van der Waals surface area contributed by atoms with Crippen molar-refractivity contribution in [3.63, 3.8) is 0 Å². The summed E-state index contributed by atoms with van der Waals surface area (Å²) in [5.74, 6) is 2.29. The number of halogens is 1. The first-order chi connectivity index (χ1) is 8.16. The van der Waals surface area contributed by atoms with Gasteiger partial charge in [0.2, 0.25) is 0 Å². The quantitative estimate of drug-likeness (QED) is 0.891. The zero-order valence-electron chi connectivity index (χ0n) is 10.5. The van der Waals surface area contributed by atoms with E-state index in [0.29, 0.717) is 17.1 Å². The van der Waals surface area contributed by atoms with Crippen LogP contribution in [0.2, 0.25) is 5.15 Å². The van der Waals surface area contributed by atoms with Crippen molar-refractivity contribution in [2.75, 3.05) is 5.32 Å². The summed E-state index contributed by atoms with van der Waals surface area (Å²) in [5.41, 5.74) is 0. The zero-order chi connectivity index (χ0) is 12.3. The molecule has 0 saturated heterocycles. The maximum Gasteiger partial charge on any atom is 0.151 e. The summed E-state index contributed by atoms with van der Waals surface area (Å²) < 4.78 is 0. The first-order valence-corrected chi connectivity index (χ1v) is 6.80. The Bertz CT molecular complexity index is 350. The van der Waals surface area contributed by atoms with Crippen LogP contribution >= 0.6 is 11.6 Å². The largest absolute Gasteiger partial charge is 0.366 e. The lowest BCUT2D eigenvalue weighted by Gasteiger charge is -2.35. The van der Waals surface area contributed by atoms with Crippen molar-refractivity contribution in [2.24, 2.45) is 11.8 Å². The Morgan fingerprint density at radius 1 is 1.24 bits per heavy atom. The van der Waals surface area contributed by atoms with E-state index in [0.717, 1.165) is 11.7 Å². The smallest absolute Gasteiger partial charge is 0.151 e. The van der Waals surface area contributed by atoms with Gasteiger partial charge in [-0.05, 0) is 36.8 Å². The molecule has 1 N–H and O–H groups in total. The molecule has 1 saturated carbocycles. The van der Waals surface area contributed by atoms with E-state index in [-0.39, 0.29) is 0 Å². The lowest BCUT2D eigenvalue weighted by molar-refractivity contribution is 0.253. The third kappa shape index (κ3) is 3.32. The number of aromatic nitrogens is 2. The standard InChI is InChI=1S/C13H20ClN3/c1-9(2)10-5-3-4-6-11(10)15-13-8-7-12(14)16-17-13/h7-11H,3-6H2,1-2H3,(H,15,17). The molecule has 0 bridgehead atoms. The molecule has 1 aromatic rings. The van der Waals surface area contributed by atoms with Crippen LogP contribution in [-0.2, 0) is 0 Å². The van der Waals surface area contributed by atoms with E-state index in [1.54, 1.807) is 6.07 Å². The van der Waals surface area contributed by atoms with Crippen LogP contribution in [0.3, 0.4) is 0 Å². The highest BCUT2D eigenvalue weighted by molar-refractivity contribution is 6.29. The minimum atomic E-state index is 0.444. The highest BCUT2D eigenvalue weighted by Crippen LogP contribution is 2.31. The summed E-state index contributed by atoms with van der Waals surface area (Å²) in [4.78, 5) is 0. The van der Waals surface area contributed by atoms with E-state index in [1.165, 1.54) is 25.7 Å². The summed E-state index contributed by atoms with van der Waals surface area (Å²) in [6.07, 6.45) is 5.21. The summed E-state index contributed by atoms with van der Waals surface area (Å²) >= 11 is 5.73. The van der Waals surface area contributed by atoms with Crippen LogP contribution in [0.1, 0.15) is 39.5 Å². The molecule has 1 heterocycles. The zero-order valence-corrected chi connectivity index (χ0v) is 11.2. The second-order valence-electron chi connectivity index (χ2n) is 5.18. The minimum Gasteiger partial charge on any atom is -0.366 e. The average Bonchev–Trinajstić information content (AvgIpc) is 2.32. The Labute approximate surface area is 108 Å². The molecular weight excluding hydrogens is 234 g/mol. The Morgan fingerprint density at radius 3 is 2.65 bits per heavy atom. The molecular formula is C13H20ClN3. The number of anilines is 1. The first kappa shape index (κ1) is 12.6. The molecule has 0 aromatic carbocycles. The minimum absolute atomic E-state index is 0.444. The molecule has 0 spiro atoms. The number of hydrogen-bond acceptors (Lipinski definition) is 3. The van der Waals surface area contributed by atoms with E-state index in [9.17, 15) is 0 Å². The van der Waals surface area contributed by atoms with Crippen LogP contribution in [0, 0.1) is 11.8 Å². The Balaban J connectivity index is 2.02. The molecule has 3 nitrogen and oxygen atoms in total. The fourth-order valence-corrected chi connectivity index (χ4v) is 2.82. The molecule has 2 atom stereocenters. The van der Waals surface area contributed by atoms with Gasteiger partial charge < -0.3 is 5.32 Å². The third-order valence-corrected chi connectivity index (χ3v) is 3.84. The maximum atomic E-state index is 5.73. The van der Waals surface area contributed by atoms with Crippen molar-refractivity contribution >= 4 is 17.4 Å². The molecule has 4 heteroatoms. The highest BCUT2D eigenvalue weighted by Gasteiger charge is 2.27. The molecule has 1 aliphatic rings. The SMILES string of the molecule is CC(C)C1CCCCC1Nc1ccc(Cl)nn1. The second-order valence-corrected chi connectivity index (χ2v) is 5.57. The third-order valence-electron chi connectivity index (χ3n) is 3.64. The van der Waals surface area contributed by atoms with Crippen molar-refractivity contribution in [3.05, 3.63) is 17.3 Å². The van der Waals surface area contributed by atoms with E-state index in [4.69, 9.17) is 11.6 Å². The molecule has 0 radical (unpaired) electrons. The van der Waals surface area contributed by atoms with Gasteiger partial charge in [-0.3, -0.25) is 0 Å². The monoisotopic (exact) mass is 253 g/mol. The van der Waals surface area contributed by atoms with Gasteiger partial charge in [0.1, 0.15) is 5.82 Å². The molecule has 17 heavy (non-hydrogen) atoms. The van der Waals surface area contributed by atoms with Gasteiger partial charge >= 0.3 is 0 Å². The van der Waals surface area contributed by atoms with E-state index in [1.807, 2.05) is 6.07 Å². The molecule has 0 aliphatic heterocycles. The number of nitrogens with one attached hydrogen (secondary N) is 1. The summed E-state index contributed by atoms with van der Waals surface area (Å²) in [7, 11) is 0. The van der Waals surface area contributed by atoms with Crippen molar-refractivity contribution in [1.29, 1.82) is 0 Å². The fraction of sp³-hybridized carbons (Fsp3) is 0.692. The van der Waals surface area contributed by atoms with Gasteiger partial charge in [-0.2, -0.15) is 0 Å². The van der Waals surface area contributed by atoms with Crippen LogP contribution in [0.25, 0.3) is 0 Å². The average molecular weight is 254 g/mol. The van der Waals surface area contributed by atoms with Crippen molar-refractivity contribution in [1.82, 2.24) is 10.2 Å². The molecule has 1 fully saturated rings. The molecule has 0 amide bonds. The van der Waals surface area contributed by atoms with Crippen LogP contribution in [0.5, 0.6) is 0 Å². The molecule has 2 rings (SSSR count). The van der Waals surface area contributed by atoms with Crippen LogP contribution in [0.4, 0.5) is 5.82 Å².